The predicted molar refractivity (Wildman–Crippen MR) is 119 cm³/mol. The molecule has 160 valence electrons. The van der Waals surface area contributed by atoms with Crippen LogP contribution >= 0.6 is 11.8 Å². The Morgan fingerprint density at radius 3 is 2.38 bits per heavy atom. The van der Waals surface area contributed by atoms with Crippen molar-refractivity contribution in [3.8, 4) is 0 Å². The molecule has 29 heavy (non-hydrogen) atoms. The fourth-order valence-electron chi connectivity index (χ4n) is 3.77. The Morgan fingerprint density at radius 2 is 1.90 bits per heavy atom. The topological polar surface area (TPSA) is 92.5 Å². The molecule has 1 amide bonds. The molecule has 0 spiro atoms. The molecule has 1 aromatic carbocycles. The Labute approximate surface area is 176 Å². The zero-order chi connectivity index (χ0) is 22.1. The number of amides is 1. The third kappa shape index (κ3) is 4.74. The first-order valence-electron chi connectivity index (χ1n) is 9.91. The lowest BCUT2D eigenvalue weighted by molar-refractivity contribution is -0.386. The number of anilines is 2. The first-order chi connectivity index (χ1) is 13.4. The minimum absolute atomic E-state index is 0.0533. The maximum Gasteiger partial charge on any atom is 0.277 e. The number of nitro groups is 1. The van der Waals surface area contributed by atoms with Crippen molar-refractivity contribution in [2.24, 2.45) is 5.41 Å². The lowest BCUT2D eigenvalue weighted by atomic mass is 9.93. The summed E-state index contributed by atoms with van der Waals surface area (Å²) < 4.78 is 0. The van der Waals surface area contributed by atoms with Crippen LogP contribution in [0.15, 0.2) is 0 Å². The summed E-state index contributed by atoms with van der Waals surface area (Å²) in [6.07, 6.45) is 1.52. The summed E-state index contributed by atoms with van der Waals surface area (Å²) in [5.74, 6) is 0.433. The zero-order valence-corrected chi connectivity index (χ0v) is 19.2. The normalized spacial score (nSPS) is 16.0. The zero-order valence-electron chi connectivity index (χ0n) is 18.3. The van der Waals surface area contributed by atoms with E-state index in [-0.39, 0.29) is 27.7 Å². The maximum atomic E-state index is 12.8. The summed E-state index contributed by atoms with van der Waals surface area (Å²) in [6.45, 7) is 13.3. The number of fused-ring (bicyclic) bond motifs is 1. The molecule has 0 fully saturated rings. The fraction of sp³-hybridized carbons (Fsp3) is 0.619. The van der Waals surface area contributed by atoms with Crippen molar-refractivity contribution in [2.75, 3.05) is 22.5 Å². The highest BCUT2D eigenvalue weighted by atomic mass is 32.2. The highest BCUT2D eigenvalue weighted by Gasteiger charge is 2.38. The lowest BCUT2D eigenvalue weighted by Crippen LogP contribution is -2.36. The highest BCUT2D eigenvalue weighted by molar-refractivity contribution is 8.13. The van der Waals surface area contributed by atoms with Crippen molar-refractivity contribution in [1.29, 1.82) is 0 Å². The van der Waals surface area contributed by atoms with E-state index < -0.39 is 5.41 Å². The van der Waals surface area contributed by atoms with Crippen LogP contribution in [0.5, 0.6) is 0 Å². The molecule has 0 saturated carbocycles. The number of carbonyl (C=O) groups is 2. The molecule has 0 saturated heterocycles. The average molecular weight is 422 g/mol. The van der Waals surface area contributed by atoms with Gasteiger partial charge in [-0.2, -0.15) is 0 Å². The Balaban J connectivity index is 2.67. The summed E-state index contributed by atoms with van der Waals surface area (Å²) in [5.41, 5.74) is 2.85. The number of nitrogens with one attached hydrogen (secondary N) is 1. The molecule has 0 aromatic heterocycles. The van der Waals surface area contributed by atoms with E-state index in [0.717, 1.165) is 24.2 Å². The second-order valence-corrected chi connectivity index (χ2v) is 9.81. The Hall–Kier alpha value is -2.09. The van der Waals surface area contributed by atoms with E-state index in [0.29, 0.717) is 29.0 Å². The lowest BCUT2D eigenvalue weighted by Gasteiger charge is -2.30. The second kappa shape index (κ2) is 8.73. The van der Waals surface area contributed by atoms with Crippen molar-refractivity contribution in [3.63, 3.8) is 0 Å². The number of carbonyl (C=O) groups excluding carboxylic acids is 2. The van der Waals surface area contributed by atoms with Gasteiger partial charge in [0.05, 0.1) is 21.9 Å². The van der Waals surface area contributed by atoms with Gasteiger partial charge in [-0.05, 0) is 32.3 Å². The molecule has 1 aliphatic heterocycles. The van der Waals surface area contributed by atoms with Crippen LogP contribution in [0.1, 0.15) is 57.7 Å². The van der Waals surface area contributed by atoms with Crippen molar-refractivity contribution in [2.45, 2.75) is 67.3 Å². The standard InChI is InChI=1S/C21H31N3O4S/c1-8-9-23-15(11-29-14(4)25)10-16-12(2)18(24(27)28)13(3)17(19(16)23)22-20(26)21(5,6)7/h15H,8-11H2,1-7H3,(H,22,26). The molecule has 0 bridgehead atoms. The van der Waals surface area contributed by atoms with Gasteiger partial charge in [-0.15, -0.1) is 0 Å². The van der Waals surface area contributed by atoms with Crippen LogP contribution in [0, 0.1) is 29.4 Å². The first-order valence-corrected chi connectivity index (χ1v) is 10.9. The minimum Gasteiger partial charge on any atom is -0.365 e. The molecule has 1 N–H and O–H groups in total. The number of hydrogen-bond donors (Lipinski definition) is 1. The number of nitrogens with zero attached hydrogens (tertiary/aromatic N) is 2. The van der Waals surface area contributed by atoms with Crippen LogP contribution < -0.4 is 10.2 Å². The van der Waals surface area contributed by atoms with Gasteiger partial charge in [-0.25, -0.2) is 0 Å². The molecule has 1 heterocycles. The summed E-state index contributed by atoms with van der Waals surface area (Å²) >= 11 is 1.27. The van der Waals surface area contributed by atoms with Gasteiger partial charge in [0.15, 0.2) is 5.12 Å². The molecule has 1 aliphatic rings. The predicted octanol–water partition coefficient (Wildman–Crippen LogP) is 4.62. The van der Waals surface area contributed by atoms with Gasteiger partial charge in [0.25, 0.3) is 5.69 Å². The molecule has 7 nitrogen and oxygen atoms in total. The van der Waals surface area contributed by atoms with Crippen molar-refractivity contribution in [1.82, 2.24) is 0 Å². The third-order valence-corrected chi connectivity index (χ3v) is 6.23. The molecule has 1 atom stereocenters. The van der Waals surface area contributed by atoms with Gasteiger partial charge >= 0.3 is 0 Å². The monoisotopic (exact) mass is 421 g/mol. The number of hydrogen-bond acceptors (Lipinski definition) is 6. The van der Waals surface area contributed by atoms with Crippen LogP contribution in [0.2, 0.25) is 0 Å². The fourth-order valence-corrected chi connectivity index (χ4v) is 4.49. The SMILES string of the molecule is CCCN1c2c(c(C)c([N+](=O)[O-])c(C)c2NC(=O)C(C)(C)C)CC1CSC(C)=O. The van der Waals surface area contributed by atoms with Gasteiger partial charge in [-0.3, -0.25) is 19.7 Å². The van der Waals surface area contributed by atoms with Crippen molar-refractivity contribution < 1.29 is 14.5 Å². The van der Waals surface area contributed by atoms with E-state index in [1.807, 2.05) is 20.8 Å². The largest absolute Gasteiger partial charge is 0.365 e. The molecule has 2 rings (SSSR count). The highest BCUT2D eigenvalue weighted by Crippen LogP contribution is 2.48. The molecule has 1 unspecified atom stereocenters. The molecule has 0 radical (unpaired) electrons. The quantitative estimate of drug-likeness (QED) is 0.532. The van der Waals surface area contributed by atoms with Crippen LogP contribution in [-0.4, -0.2) is 34.3 Å². The molecular formula is C21H31N3O4S. The molecular weight excluding hydrogens is 390 g/mol. The second-order valence-electron chi connectivity index (χ2n) is 8.62. The van der Waals surface area contributed by atoms with E-state index in [1.165, 1.54) is 11.8 Å². The average Bonchev–Trinajstić information content (AvgIpc) is 2.94. The van der Waals surface area contributed by atoms with Crippen LogP contribution in [0.4, 0.5) is 17.1 Å². The van der Waals surface area contributed by atoms with Crippen LogP contribution in [0.25, 0.3) is 0 Å². The van der Waals surface area contributed by atoms with Crippen molar-refractivity contribution >= 4 is 39.8 Å². The molecule has 1 aromatic rings. The number of benzene rings is 1. The third-order valence-electron chi connectivity index (χ3n) is 5.27. The summed E-state index contributed by atoms with van der Waals surface area (Å²) in [5, 5.41) is 14.9. The van der Waals surface area contributed by atoms with Gasteiger partial charge in [0.2, 0.25) is 5.91 Å². The van der Waals surface area contributed by atoms with Crippen molar-refractivity contribution in [3.05, 3.63) is 26.8 Å². The first kappa shape index (κ1) is 23.2. The van der Waals surface area contributed by atoms with E-state index in [4.69, 9.17) is 0 Å². The van der Waals surface area contributed by atoms with Gasteiger partial charge in [0.1, 0.15) is 0 Å². The Morgan fingerprint density at radius 1 is 1.28 bits per heavy atom. The Bertz CT molecular complexity index is 846. The number of nitro benzene ring substituents is 1. The number of thioether (sulfide) groups is 1. The van der Waals surface area contributed by atoms with Gasteiger partial charge in [-0.1, -0.05) is 39.5 Å². The van der Waals surface area contributed by atoms with Gasteiger partial charge in [0, 0.05) is 36.2 Å². The van der Waals surface area contributed by atoms with E-state index in [1.54, 1.807) is 20.8 Å². The summed E-state index contributed by atoms with van der Waals surface area (Å²) in [7, 11) is 0. The maximum absolute atomic E-state index is 12.8. The van der Waals surface area contributed by atoms with E-state index in [9.17, 15) is 19.7 Å². The van der Waals surface area contributed by atoms with E-state index in [2.05, 4.69) is 17.1 Å². The summed E-state index contributed by atoms with van der Waals surface area (Å²) in [4.78, 5) is 38.0. The smallest absolute Gasteiger partial charge is 0.277 e. The Kier molecular flexibility index (Phi) is 6.98. The minimum atomic E-state index is -0.628. The molecule has 0 aliphatic carbocycles. The summed E-state index contributed by atoms with van der Waals surface area (Å²) in [6, 6.07) is 0.0595. The number of rotatable bonds is 6. The van der Waals surface area contributed by atoms with E-state index >= 15 is 0 Å². The molecule has 8 heteroatoms. The van der Waals surface area contributed by atoms with Crippen LogP contribution in [-0.2, 0) is 16.0 Å². The van der Waals surface area contributed by atoms with Crippen LogP contribution in [0.3, 0.4) is 0 Å². The van der Waals surface area contributed by atoms with Gasteiger partial charge < -0.3 is 10.2 Å².